The van der Waals surface area contributed by atoms with Crippen molar-refractivity contribution >= 4 is 33.4 Å². The smallest absolute Gasteiger partial charge is 0.270 e. The predicted molar refractivity (Wildman–Crippen MR) is 108 cm³/mol. The molecule has 2 amide bonds. The molecule has 1 aliphatic heterocycles. The first-order valence-electron chi connectivity index (χ1n) is 9.20. The van der Waals surface area contributed by atoms with Crippen molar-refractivity contribution < 1.29 is 9.59 Å². The topological polar surface area (TPSA) is 45.6 Å². The summed E-state index contributed by atoms with van der Waals surface area (Å²) in [6.07, 6.45) is 0. The van der Waals surface area contributed by atoms with E-state index in [1.165, 1.54) is 11.1 Å². The molecule has 140 valence electrons. The molecule has 0 spiro atoms. The van der Waals surface area contributed by atoms with E-state index < -0.39 is 0 Å². The number of carbonyl (C=O) groups is 2. The lowest BCUT2D eigenvalue weighted by Crippen LogP contribution is -2.50. The van der Waals surface area contributed by atoms with Gasteiger partial charge in [0.25, 0.3) is 5.91 Å². The molecule has 2 aromatic heterocycles. The number of rotatable bonds is 3. The van der Waals surface area contributed by atoms with Crippen molar-refractivity contribution in [3.05, 3.63) is 58.6 Å². The van der Waals surface area contributed by atoms with E-state index in [0.717, 1.165) is 15.9 Å². The highest BCUT2D eigenvalue weighted by molar-refractivity contribution is 7.17. The molecule has 3 heterocycles. The molecule has 27 heavy (non-hydrogen) atoms. The van der Waals surface area contributed by atoms with Crippen LogP contribution in [-0.4, -0.2) is 52.4 Å². The third-order valence-corrected chi connectivity index (χ3v) is 6.20. The summed E-state index contributed by atoms with van der Waals surface area (Å²) < 4.78 is 3.27. The van der Waals surface area contributed by atoms with Crippen LogP contribution < -0.4 is 0 Å². The fraction of sp³-hybridized carbons (Fsp3) is 0.333. The van der Waals surface area contributed by atoms with E-state index in [-0.39, 0.29) is 11.8 Å². The molecule has 5 nitrogen and oxygen atoms in total. The highest BCUT2D eigenvalue weighted by atomic mass is 32.1. The third-order valence-electron chi connectivity index (χ3n) is 5.34. The van der Waals surface area contributed by atoms with Crippen molar-refractivity contribution in [1.82, 2.24) is 14.4 Å². The summed E-state index contributed by atoms with van der Waals surface area (Å²) in [5, 5.41) is 2.07. The van der Waals surface area contributed by atoms with Gasteiger partial charge in [-0.1, -0.05) is 24.3 Å². The molecule has 0 bridgehead atoms. The second kappa shape index (κ2) is 7.19. The minimum atomic E-state index is 0.0511. The lowest BCUT2D eigenvalue weighted by Gasteiger charge is -2.34. The first-order valence-corrected chi connectivity index (χ1v) is 10.1. The summed E-state index contributed by atoms with van der Waals surface area (Å²) in [4.78, 5) is 28.5. The Morgan fingerprint density at radius 3 is 2.44 bits per heavy atom. The highest BCUT2D eigenvalue weighted by Gasteiger charge is 2.26. The molecule has 0 radical (unpaired) electrons. The van der Waals surface area contributed by atoms with Gasteiger partial charge in [0.2, 0.25) is 5.91 Å². The van der Waals surface area contributed by atoms with E-state index in [2.05, 4.69) is 35.1 Å². The van der Waals surface area contributed by atoms with Gasteiger partial charge in [-0.2, -0.15) is 0 Å². The van der Waals surface area contributed by atoms with Gasteiger partial charge in [0.15, 0.2) is 0 Å². The molecular weight excluding hydrogens is 358 g/mol. The highest BCUT2D eigenvalue weighted by Crippen LogP contribution is 2.28. The quantitative estimate of drug-likeness (QED) is 0.698. The number of aromatic nitrogens is 1. The summed E-state index contributed by atoms with van der Waals surface area (Å²) in [5.74, 6) is 0.126. The van der Waals surface area contributed by atoms with E-state index >= 15 is 0 Å². The van der Waals surface area contributed by atoms with Crippen molar-refractivity contribution in [3.8, 4) is 0 Å². The molecule has 0 N–H and O–H groups in total. The van der Waals surface area contributed by atoms with Gasteiger partial charge in [-0.3, -0.25) is 9.59 Å². The zero-order chi connectivity index (χ0) is 19.0. The average Bonchev–Trinajstić information content (AvgIpc) is 3.25. The lowest BCUT2D eigenvalue weighted by molar-refractivity contribution is -0.130. The molecule has 0 aliphatic carbocycles. The molecule has 1 fully saturated rings. The molecule has 4 rings (SSSR count). The van der Waals surface area contributed by atoms with Gasteiger partial charge in [0, 0.05) is 39.6 Å². The number of thiophene rings is 1. The number of carbonyl (C=O) groups excluding carboxylic acids is 2. The van der Waals surface area contributed by atoms with Crippen LogP contribution in [0.1, 0.15) is 28.5 Å². The Hall–Kier alpha value is -2.60. The maximum absolute atomic E-state index is 13.2. The average molecular weight is 382 g/mol. The van der Waals surface area contributed by atoms with Gasteiger partial charge in [-0.05, 0) is 35.6 Å². The molecule has 6 heteroatoms. The number of fused-ring (bicyclic) bond motifs is 1. The predicted octanol–water partition coefficient (Wildman–Crippen LogP) is 3.36. The molecule has 0 unspecified atom stereocenters. The second-order valence-electron chi connectivity index (χ2n) is 7.01. The molecular formula is C21H23N3O2S. The molecule has 3 aromatic rings. The number of aryl methyl sites for hydroxylation is 1. The van der Waals surface area contributed by atoms with Crippen molar-refractivity contribution in [2.24, 2.45) is 0 Å². The zero-order valence-corrected chi connectivity index (χ0v) is 16.5. The van der Waals surface area contributed by atoms with E-state index in [1.807, 2.05) is 23.1 Å². The Kier molecular flexibility index (Phi) is 4.74. The third kappa shape index (κ3) is 3.37. The van der Waals surface area contributed by atoms with Crippen LogP contribution in [0, 0.1) is 6.92 Å². The molecule has 1 saturated heterocycles. The Labute approximate surface area is 162 Å². The van der Waals surface area contributed by atoms with Crippen LogP contribution >= 0.6 is 11.3 Å². The Bertz CT molecular complexity index is 996. The number of piperazine rings is 1. The standard InChI is InChI=1S/C21H23N3O2S/c1-15-5-3-4-6-17(15)14-24-18-7-12-27-20(18)13-19(24)21(26)23-10-8-22(9-11-23)16(2)25/h3-7,12-13H,8-11,14H2,1-2H3. The molecule has 0 saturated carbocycles. The number of hydrogen-bond donors (Lipinski definition) is 0. The van der Waals surface area contributed by atoms with Crippen LogP contribution in [0.2, 0.25) is 0 Å². The first-order chi connectivity index (χ1) is 13.0. The van der Waals surface area contributed by atoms with E-state index in [0.29, 0.717) is 32.7 Å². The van der Waals surface area contributed by atoms with Crippen LogP contribution in [0.3, 0.4) is 0 Å². The number of amides is 2. The van der Waals surface area contributed by atoms with Crippen LogP contribution in [0.15, 0.2) is 41.8 Å². The van der Waals surface area contributed by atoms with Gasteiger partial charge in [-0.15, -0.1) is 11.3 Å². The summed E-state index contributed by atoms with van der Waals surface area (Å²) in [5.41, 5.74) is 4.28. The summed E-state index contributed by atoms with van der Waals surface area (Å²) in [6.45, 7) is 6.75. The van der Waals surface area contributed by atoms with Crippen molar-refractivity contribution in [2.45, 2.75) is 20.4 Å². The van der Waals surface area contributed by atoms with E-state index in [9.17, 15) is 9.59 Å². The summed E-state index contributed by atoms with van der Waals surface area (Å²) in [7, 11) is 0. The number of hydrogen-bond acceptors (Lipinski definition) is 3. The van der Waals surface area contributed by atoms with Crippen LogP contribution in [0.4, 0.5) is 0 Å². The molecule has 0 atom stereocenters. The minimum Gasteiger partial charge on any atom is -0.339 e. The van der Waals surface area contributed by atoms with Gasteiger partial charge in [0.05, 0.1) is 10.2 Å². The van der Waals surface area contributed by atoms with Crippen LogP contribution in [0.25, 0.3) is 10.2 Å². The maximum Gasteiger partial charge on any atom is 0.270 e. The fourth-order valence-corrected chi connectivity index (χ4v) is 4.49. The minimum absolute atomic E-state index is 0.0511. The van der Waals surface area contributed by atoms with Gasteiger partial charge in [-0.25, -0.2) is 0 Å². The number of nitrogens with zero attached hydrogens (tertiary/aromatic N) is 3. The fourth-order valence-electron chi connectivity index (χ4n) is 3.67. The summed E-state index contributed by atoms with van der Waals surface area (Å²) in [6, 6.07) is 12.4. The normalized spacial score (nSPS) is 14.7. The second-order valence-corrected chi connectivity index (χ2v) is 7.96. The van der Waals surface area contributed by atoms with Crippen molar-refractivity contribution in [3.63, 3.8) is 0 Å². The largest absolute Gasteiger partial charge is 0.339 e. The van der Waals surface area contributed by atoms with Crippen LogP contribution in [-0.2, 0) is 11.3 Å². The first kappa shape index (κ1) is 17.8. The van der Waals surface area contributed by atoms with E-state index in [4.69, 9.17) is 0 Å². The summed E-state index contributed by atoms with van der Waals surface area (Å²) >= 11 is 1.66. The maximum atomic E-state index is 13.2. The van der Waals surface area contributed by atoms with E-state index in [1.54, 1.807) is 23.2 Å². The Balaban J connectivity index is 1.64. The molecule has 1 aromatic carbocycles. The van der Waals surface area contributed by atoms with Gasteiger partial charge >= 0.3 is 0 Å². The zero-order valence-electron chi connectivity index (χ0n) is 15.6. The van der Waals surface area contributed by atoms with Crippen LogP contribution in [0.5, 0.6) is 0 Å². The SMILES string of the molecule is CC(=O)N1CCN(C(=O)c2cc3sccc3n2Cc2ccccc2C)CC1. The van der Waals surface area contributed by atoms with Crippen molar-refractivity contribution in [2.75, 3.05) is 26.2 Å². The molecule has 1 aliphatic rings. The van der Waals surface area contributed by atoms with Crippen molar-refractivity contribution in [1.29, 1.82) is 0 Å². The Morgan fingerprint density at radius 2 is 1.74 bits per heavy atom. The lowest BCUT2D eigenvalue weighted by atomic mass is 10.1. The Morgan fingerprint density at radius 1 is 1.04 bits per heavy atom. The van der Waals surface area contributed by atoms with Gasteiger partial charge < -0.3 is 14.4 Å². The number of benzene rings is 1. The monoisotopic (exact) mass is 381 g/mol. The van der Waals surface area contributed by atoms with Gasteiger partial charge in [0.1, 0.15) is 5.69 Å².